The summed E-state index contributed by atoms with van der Waals surface area (Å²) in [6.45, 7) is 4.95. The maximum atomic E-state index is 13.5. The summed E-state index contributed by atoms with van der Waals surface area (Å²) in [6, 6.07) is 12.6. The third-order valence-corrected chi connectivity index (χ3v) is 5.72. The first-order chi connectivity index (χ1) is 14.3. The lowest BCUT2D eigenvalue weighted by molar-refractivity contribution is -0.137. The number of rotatable bonds is 4. The second kappa shape index (κ2) is 7.65. The molecule has 156 valence electrons. The lowest BCUT2D eigenvalue weighted by Crippen LogP contribution is -2.53. The molecule has 0 radical (unpaired) electrons. The van der Waals surface area contributed by atoms with Crippen LogP contribution in [0.4, 0.5) is 8.78 Å². The number of nitrogens with two attached hydrogens (primary N) is 1. The number of carbonyl (C=O) groups is 1. The Kier molecular flexibility index (Phi) is 5.15. The van der Waals surface area contributed by atoms with E-state index in [-0.39, 0.29) is 24.1 Å². The van der Waals surface area contributed by atoms with Crippen molar-refractivity contribution in [3.63, 3.8) is 0 Å². The van der Waals surface area contributed by atoms with E-state index in [1.54, 1.807) is 29.2 Å². The molecule has 1 amide bonds. The Balaban J connectivity index is 1.85. The number of hydrogen-bond acceptors (Lipinski definition) is 3. The number of carbonyl (C=O) groups excluding carboxylic acids is 1. The molecule has 0 bridgehead atoms. The maximum Gasteiger partial charge on any atom is 0.237 e. The third-order valence-electron chi connectivity index (χ3n) is 5.72. The molecule has 1 aliphatic rings. The zero-order chi connectivity index (χ0) is 21.5. The van der Waals surface area contributed by atoms with Crippen LogP contribution in [0.3, 0.4) is 0 Å². The van der Waals surface area contributed by atoms with Gasteiger partial charge in [-0.2, -0.15) is 0 Å². The van der Waals surface area contributed by atoms with Gasteiger partial charge in [0.15, 0.2) is 0 Å². The summed E-state index contributed by atoms with van der Waals surface area (Å²) >= 11 is 0. The largest absolute Gasteiger partial charge is 0.327 e. The molecule has 30 heavy (non-hydrogen) atoms. The molecule has 2 heterocycles. The first-order valence-corrected chi connectivity index (χ1v) is 9.92. The van der Waals surface area contributed by atoms with Crippen molar-refractivity contribution in [3.05, 3.63) is 77.2 Å². The zero-order valence-electron chi connectivity index (χ0n) is 17.0. The van der Waals surface area contributed by atoms with Gasteiger partial charge in [-0.1, -0.05) is 12.1 Å². The molecule has 2 N–H and O–H groups in total. The molecule has 5 nitrogen and oxygen atoms in total. The van der Waals surface area contributed by atoms with Gasteiger partial charge in [-0.05, 0) is 55.8 Å². The molecule has 0 spiro atoms. The molecule has 2 aromatic carbocycles. The van der Waals surface area contributed by atoms with Gasteiger partial charge in [-0.3, -0.25) is 4.79 Å². The van der Waals surface area contributed by atoms with Gasteiger partial charge in [0.25, 0.3) is 0 Å². The highest BCUT2D eigenvalue weighted by Crippen LogP contribution is 2.36. The van der Waals surface area contributed by atoms with E-state index in [1.165, 1.54) is 24.3 Å². The molecule has 4 rings (SSSR count). The van der Waals surface area contributed by atoms with Crippen LogP contribution < -0.4 is 5.73 Å². The van der Waals surface area contributed by atoms with E-state index in [2.05, 4.69) is 4.57 Å². The SMILES string of the molecule is CC1(C)c2nc(-c3ccc(F)cc3)c(Cc3ccc(F)cc3)n2CCN1C(=O)CN. The summed E-state index contributed by atoms with van der Waals surface area (Å²) < 4.78 is 29.0. The Bertz CT molecular complexity index is 1070. The second-order valence-electron chi connectivity index (χ2n) is 8.00. The molecule has 0 aliphatic carbocycles. The Labute approximate surface area is 174 Å². The van der Waals surface area contributed by atoms with Crippen LogP contribution in [-0.4, -0.2) is 33.4 Å². The van der Waals surface area contributed by atoms with E-state index < -0.39 is 5.54 Å². The molecular formula is C23H24F2N4O. The average Bonchev–Trinajstić information content (AvgIpc) is 3.09. The number of benzene rings is 2. The van der Waals surface area contributed by atoms with Crippen molar-refractivity contribution in [2.24, 2.45) is 5.73 Å². The lowest BCUT2D eigenvalue weighted by atomic mass is 9.98. The smallest absolute Gasteiger partial charge is 0.237 e. The first kappa shape index (κ1) is 20.2. The molecule has 0 saturated carbocycles. The highest BCUT2D eigenvalue weighted by molar-refractivity contribution is 5.79. The van der Waals surface area contributed by atoms with E-state index >= 15 is 0 Å². The highest BCUT2D eigenvalue weighted by Gasteiger charge is 2.40. The van der Waals surface area contributed by atoms with Crippen LogP contribution in [0.5, 0.6) is 0 Å². The number of fused-ring (bicyclic) bond motifs is 1. The molecule has 3 aromatic rings. The van der Waals surface area contributed by atoms with E-state index in [1.807, 2.05) is 13.8 Å². The Morgan fingerprint density at radius 3 is 2.23 bits per heavy atom. The Morgan fingerprint density at radius 1 is 1.03 bits per heavy atom. The summed E-state index contributed by atoms with van der Waals surface area (Å²) in [5, 5.41) is 0. The van der Waals surface area contributed by atoms with Crippen LogP contribution >= 0.6 is 0 Å². The molecule has 0 atom stereocenters. The number of aromatic nitrogens is 2. The molecule has 7 heteroatoms. The standard InChI is InChI=1S/C23H24F2N4O/c1-23(2)22-27-21(16-5-9-18(25)10-6-16)19(13-15-3-7-17(24)8-4-15)28(22)11-12-29(23)20(30)14-26/h3-10H,11-14,26H2,1-2H3. The minimum atomic E-state index is -0.648. The van der Waals surface area contributed by atoms with Crippen molar-refractivity contribution in [2.75, 3.05) is 13.1 Å². The fraction of sp³-hybridized carbons (Fsp3) is 0.304. The van der Waals surface area contributed by atoms with Gasteiger partial charge in [-0.15, -0.1) is 0 Å². The average molecular weight is 410 g/mol. The van der Waals surface area contributed by atoms with Gasteiger partial charge in [0.1, 0.15) is 17.5 Å². The van der Waals surface area contributed by atoms with E-state index in [4.69, 9.17) is 10.7 Å². The second-order valence-corrected chi connectivity index (χ2v) is 8.00. The van der Waals surface area contributed by atoms with Gasteiger partial charge in [0, 0.05) is 25.1 Å². The fourth-order valence-electron chi connectivity index (χ4n) is 4.15. The van der Waals surface area contributed by atoms with Gasteiger partial charge in [-0.25, -0.2) is 13.8 Å². The van der Waals surface area contributed by atoms with Crippen LogP contribution in [0.25, 0.3) is 11.3 Å². The van der Waals surface area contributed by atoms with E-state index in [0.717, 1.165) is 28.3 Å². The topological polar surface area (TPSA) is 64.2 Å². The van der Waals surface area contributed by atoms with Crippen molar-refractivity contribution in [1.82, 2.24) is 14.5 Å². The number of imidazole rings is 1. The summed E-state index contributed by atoms with van der Waals surface area (Å²) in [5.74, 6) is 0.0254. The van der Waals surface area contributed by atoms with Crippen molar-refractivity contribution < 1.29 is 13.6 Å². The first-order valence-electron chi connectivity index (χ1n) is 9.92. The zero-order valence-corrected chi connectivity index (χ0v) is 17.0. The van der Waals surface area contributed by atoms with Crippen molar-refractivity contribution in [3.8, 4) is 11.3 Å². The maximum absolute atomic E-state index is 13.5. The number of hydrogen-bond donors (Lipinski definition) is 1. The minimum absolute atomic E-state index is 0.0581. The summed E-state index contributed by atoms with van der Waals surface area (Å²) in [5.41, 5.74) is 8.40. The summed E-state index contributed by atoms with van der Waals surface area (Å²) in [4.78, 5) is 19.1. The lowest BCUT2D eigenvalue weighted by Gasteiger charge is -2.42. The van der Waals surface area contributed by atoms with Gasteiger partial charge in [0.2, 0.25) is 5.91 Å². The number of amides is 1. The third kappa shape index (κ3) is 3.50. The Hall–Kier alpha value is -3.06. The Morgan fingerprint density at radius 2 is 1.63 bits per heavy atom. The van der Waals surface area contributed by atoms with Crippen molar-refractivity contribution in [1.29, 1.82) is 0 Å². The van der Waals surface area contributed by atoms with Crippen LogP contribution in [0.15, 0.2) is 48.5 Å². The fourth-order valence-corrected chi connectivity index (χ4v) is 4.15. The predicted molar refractivity (Wildman–Crippen MR) is 111 cm³/mol. The highest BCUT2D eigenvalue weighted by atomic mass is 19.1. The van der Waals surface area contributed by atoms with Crippen LogP contribution in [0, 0.1) is 11.6 Å². The van der Waals surface area contributed by atoms with Gasteiger partial charge < -0.3 is 15.2 Å². The molecular weight excluding hydrogens is 386 g/mol. The minimum Gasteiger partial charge on any atom is -0.327 e. The molecule has 0 saturated heterocycles. The monoisotopic (exact) mass is 410 g/mol. The molecule has 0 fully saturated rings. The summed E-state index contributed by atoms with van der Waals surface area (Å²) in [6.07, 6.45) is 0.543. The molecule has 0 unspecified atom stereocenters. The van der Waals surface area contributed by atoms with Crippen molar-refractivity contribution >= 4 is 5.91 Å². The van der Waals surface area contributed by atoms with Crippen LogP contribution in [0.1, 0.15) is 30.9 Å². The number of nitrogens with zero attached hydrogens (tertiary/aromatic N) is 3. The number of halogens is 2. The van der Waals surface area contributed by atoms with Crippen LogP contribution in [-0.2, 0) is 23.3 Å². The molecule has 1 aliphatic heterocycles. The van der Waals surface area contributed by atoms with E-state index in [0.29, 0.717) is 19.5 Å². The van der Waals surface area contributed by atoms with Crippen molar-refractivity contribution in [2.45, 2.75) is 32.4 Å². The molecule has 1 aromatic heterocycles. The van der Waals surface area contributed by atoms with E-state index in [9.17, 15) is 13.6 Å². The predicted octanol–water partition coefficient (Wildman–Crippen LogP) is 3.46. The van der Waals surface area contributed by atoms with Crippen LogP contribution in [0.2, 0.25) is 0 Å². The summed E-state index contributed by atoms with van der Waals surface area (Å²) in [7, 11) is 0. The normalized spacial score (nSPS) is 15.2. The van der Waals surface area contributed by atoms with Gasteiger partial charge >= 0.3 is 0 Å². The quantitative estimate of drug-likeness (QED) is 0.717. The van der Waals surface area contributed by atoms with Gasteiger partial charge in [0.05, 0.1) is 23.5 Å².